The predicted octanol–water partition coefficient (Wildman–Crippen LogP) is 4.35. The van der Waals surface area contributed by atoms with Crippen LogP contribution in [0.1, 0.15) is 39.4 Å². The summed E-state index contributed by atoms with van der Waals surface area (Å²) in [5, 5.41) is 19.4. The first-order chi connectivity index (χ1) is 14.7. The van der Waals surface area contributed by atoms with Crippen LogP contribution in [0.15, 0.2) is 59.1 Å². The van der Waals surface area contributed by atoms with Crippen molar-refractivity contribution in [1.29, 1.82) is 0 Å². The van der Waals surface area contributed by atoms with Gasteiger partial charge in [0.15, 0.2) is 0 Å². The monoisotopic (exact) mass is 425 g/mol. The molecular formula is C25H31NO5. The van der Waals surface area contributed by atoms with Gasteiger partial charge in [0, 0.05) is 30.7 Å². The highest BCUT2D eigenvalue weighted by Gasteiger charge is 2.38. The van der Waals surface area contributed by atoms with Crippen molar-refractivity contribution in [2.24, 2.45) is 11.8 Å². The fraction of sp³-hybridized carbons (Fsp3) is 0.400. The summed E-state index contributed by atoms with van der Waals surface area (Å²) in [6.45, 7) is 7.72. The molecule has 5 atom stereocenters. The largest absolute Gasteiger partial charge is 0.508 e. The number of H-pyrrole nitrogens is 1. The first-order valence-corrected chi connectivity index (χ1v) is 10.5. The second-order valence-corrected chi connectivity index (χ2v) is 8.29. The molecule has 6 nitrogen and oxygen atoms in total. The summed E-state index contributed by atoms with van der Waals surface area (Å²) in [6.07, 6.45) is 6.45. The van der Waals surface area contributed by atoms with E-state index in [1.165, 1.54) is 0 Å². The lowest BCUT2D eigenvalue weighted by atomic mass is 9.87. The Balaban J connectivity index is 2.01. The van der Waals surface area contributed by atoms with E-state index in [1.807, 2.05) is 39.0 Å². The highest BCUT2D eigenvalue weighted by molar-refractivity contribution is 5.72. The topological polar surface area (TPSA) is 91.8 Å². The lowest BCUT2D eigenvalue weighted by Gasteiger charge is -2.36. The number of aromatic amines is 1. The molecule has 1 aliphatic rings. The fourth-order valence-electron chi connectivity index (χ4n) is 3.85. The van der Waals surface area contributed by atoms with Crippen LogP contribution in [-0.4, -0.2) is 34.5 Å². The maximum atomic E-state index is 12.7. The number of aliphatic hydroxyl groups is 1. The maximum absolute atomic E-state index is 12.7. The molecule has 3 N–H and O–H groups in total. The molecule has 0 saturated heterocycles. The number of nitrogens with one attached hydrogen (secondary N) is 1. The van der Waals surface area contributed by atoms with Crippen LogP contribution in [0.4, 0.5) is 0 Å². The van der Waals surface area contributed by atoms with Gasteiger partial charge in [-0.1, -0.05) is 43.7 Å². The Labute approximate surface area is 182 Å². The summed E-state index contributed by atoms with van der Waals surface area (Å²) in [5.74, 6) is 0.613. The SMILES string of the molecule is CO[C@@H]1c2c(c(-c3ccc(O)cc3)c[nH]c2=O)O[C@@H](/C=C/C(C)=C/[C@H](C)[C@H](C)O)[C@@H]1C. The van der Waals surface area contributed by atoms with Crippen molar-refractivity contribution in [3.63, 3.8) is 0 Å². The van der Waals surface area contributed by atoms with E-state index in [4.69, 9.17) is 9.47 Å². The molecule has 0 aliphatic carbocycles. The molecule has 0 radical (unpaired) electrons. The Morgan fingerprint density at radius 2 is 1.94 bits per heavy atom. The van der Waals surface area contributed by atoms with E-state index in [-0.39, 0.29) is 29.2 Å². The number of benzene rings is 1. The van der Waals surface area contributed by atoms with Crippen LogP contribution in [-0.2, 0) is 4.74 Å². The lowest BCUT2D eigenvalue weighted by Crippen LogP contribution is -2.37. The Kier molecular flexibility index (Phi) is 7.03. The summed E-state index contributed by atoms with van der Waals surface area (Å²) in [4.78, 5) is 15.5. The van der Waals surface area contributed by atoms with Crippen LogP contribution in [0.2, 0.25) is 0 Å². The number of phenols is 1. The van der Waals surface area contributed by atoms with Crippen LogP contribution in [0.5, 0.6) is 11.5 Å². The molecule has 0 bridgehead atoms. The minimum atomic E-state index is -0.431. The van der Waals surface area contributed by atoms with Gasteiger partial charge in [-0.25, -0.2) is 0 Å². The van der Waals surface area contributed by atoms with Gasteiger partial charge in [0.2, 0.25) is 0 Å². The van der Waals surface area contributed by atoms with Crippen LogP contribution in [0.3, 0.4) is 0 Å². The molecule has 0 spiro atoms. The number of allylic oxidation sites excluding steroid dienone is 2. The molecule has 0 unspecified atom stereocenters. The molecule has 0 amide bonds. The number of fused-ring (bicyclic) bond motifs is 1. The smallest absolute Gasteiger partial charge is 0.257 e. The first kappa shape index (κ1) is 22.8. The molecular weight excluding hydrogens is 394 g/mol. The molecule has 0 saturated carbocycles. The number of hydrogen-bond acceptors (Lipinski definition) is 5. The second kappa shape index (κ2) is 9.54. The van der Waals surface area contributed by atoms with Gasteiger partial charge in [-0.2, -0.15) is 0 Å². The zero-order chi connectivity index (χ0) is 22.7. The Bertz CT molecular complexity index is 1020. The Hall–Kier alpha value is -2.83. The van der Waals surface area contributed by atoms with Gasteiger partial charge in [0.05, 0.1) is 17.8 Å². The third-order valence-electron chi connectivity index (χ3n) is 5.88. The maximum Gasteiger partial charge on any atom is 0.257 e. The highest BCUT2D eigenvalue weighted by Crippen LogP contribution is 2.44. The van der Waals surface area contributed by atoms with Gasteiger partial charge in [0.1, 0.15) is 17.6 Å². The van der Waals surface area contributed by atoms with E-state index in [9.17, 15) is 15.0 Å². The predicted molar refractivity (Wildman–Crippen MR) is 121 cm³/mol. The van der Waals surface area contributed by atoms with Crippen LogP contribution in [0.25, 0.3) is 11.1 Å². The summed E-state index contributed by atoms with van der Waals surface area (Å²) in [5.41, 5.74) is 2.81. The second-order valence-electron chi connectivity index (χ2n) is 8.29. The number of aromatic nitrogens is 1. The highest BCUT2D eigenvalue weighted by atomic mass is 16.5. The van der Waals surface area contributed by atoms with Crippen molar-refractivity contribution < 1.29 is 19.7 Å². The minimum Gasteiger partial charge on any atom is -0.508 e. The molecule has 2 aromatic rings. The number of rotatable bonds is 6. The first-order valence-electron chi connectivity index (χ1n) is 10.5. The average Bonchev–Trinajstić information content (AvgIpc) is 2.73. The zero-order valence-electron chi connectivity index (χ0n) is 18.6. The van der Waals surface area contributed by atoms with E-state index in [0.717, 1.165) is 16.7 Å². The number of ether oxygens (including phenoxy) is 2. The fourth-order valence-corrected chi connectivity index (χ4v) is 3.85. The van der Waals surface area contributed by atoms with Crippen LogP contribution < -0.4 is 10.3 Å². The van der Waals surface area contributed by atoms with E-state index >= 15 is 0 Å². The molecule has 6 heteroatoms. The minimum absolute atomic E-state index is 0.0430. The van der Waals surface area contributed by atoms with Gasteiger partial charge in [-0.3, -0.25) is 4.79 Å². The van der Waals surface area contributed by atoms with Crippen molar-refractivity contribution >= 4 is 0 Å². The molecule has 2 heterocycles. The molecule has 3 rings (SSSR count). The number of pyridine rings is 1. The third-order valence-corrected chi connectivity index (χ3v) is 5.88. The van der Waals surface area contributed by atoms with Crippen molar-refractivity contribution in [2.75, 3.05) is 7.11 Å². The van der Waals surface area contributed by atoms with Crippen molar-refractivity contribution in [2.45, 2.75) is 46.0 Å². The molecule has 166 valence electrons. The number of aromatic hydroxyl groups is 1. The van der Waals surface area contributed by atoms with Gasteiger partial charge in [0.25, 0.3) is 5.56 Å². The Morgan fingerprint density at radius 1 is 1.26 bits per heavy atom. The van der Waals surface area contributed by atoms with E-state index in [2.05, 4.69) is 4.98 Å². The average molecular weight is 426 g/mol. The number of phenolic OH excluding ortho intramolecular Hbond substituents is 1. The summed E-state index contributed by atoms with van der Waals surface area (Å²) < 4.78 is 12.1. The van der Waals surface area contributed by atoms with Crippen molar-refractivity contribution in [1.82, 2.24) is 4.98 Å². The van der Waals surface area contributed by atoms with E-state index in [0.29, 0.717) is 11.3 Å². The van der Waals surface area contributed by atoms with Crippen molar-refractivity contribution in [3.05, 3.63) is 70.2 Å². The van der Waals surface area contributed by atoms with Gasteiger partial charge in [-0.05, 0) is 37.6 Å². The quantitative estimate of drug-likeness (QED) is 0.599. The zero-order valence-corrected chi connectivity index (χ0v) is 18.6. The van der Waals surface area contributed by atoms with E-state index < -0.39 is 12.2 Å². The molecule has 0 fully saturated rings. The molecule has 1 aromatic carbocycles. The number of methoxy groups -OCH3 is 1. The summed E-state index contributed by atoms with van der Waals surface area (Å²) >= 11 is 0. The van der Waals surface area contributed by atoms with Gasteiger partial charge < -0.3 is 24.7 Å². The van der Waals surface area contributed by atoms with Gasteiger partial charge in [-0.15, -0.1) is 0 Å². The third kappa shape index (κ3) is 4.92. The normalized spacial score (nSPS) is 23.3. The Morgan fingerprint density at radius 3 is 2.55 bits per heavy atom. The summed E-state index contributed by atoms with van der Waals surface area (Å²) in [6, 6.07) is 6.76. The molecule has 1 aromatic heterocycles. The molecule has 31 heavy (non-hydrogen) atoms. The van der Waals surface area contributed by atoms with Crippen LogP contribution >= 0.6 is 0 Å². The van der Waals surface area contributed by atoms with E-state index in [1.54, 1.807) is 44.5 Å². The molecule has 1 aliphatic heterocycles. The van der Waals surface area contributed by atoms with Gasteiger partial charge >= 0.3 is 0 Å². The van der Waals surface area contributed by atoms with Crippen molar-refractivity contribution in [3.8, 4) is 22.6 Å². The van der Waals surface area contributed by atoms with Crippen LogP contribution in [0, 0.1) is 11.8 Å². The number of hydrogen-bond donors (Lipinski definition) is 3. The standard InChI is InChI=1S/C25H31NO5/c1-14(12-15(2)17(4)27)6-11-21-16(3)23(30-5)22-24(31-21)20(13-26-25(22)29)18-7-9-19(28)10-8-18/h6-13,15-17,21,23,27-28H,1-5H3,(H,26,29)/b11-6+,14-12+/t15-,16-,17-,21-,23-/m0/s1. The lowest BCUT2D eigenvalue weighted by molar-refractivity contribution is -0.00410. The summed E-state index contributed by atoms with van der Waals surface area (Å²) in [7, 11) is 1.60. The number of aliphatic hydroxyl groups excluding tert-OH is 1.